The second kappa shape index (κ2) is 5.04. The second-order valence-corrected chi connectivity index (χ2v) is 4.55. The summed E-state index contributed by atoms with van der Waals surface area (Å²) >= 11 is 0. The molecule has 0 fully saturated rings. The summed E-state index contributed by atoms with van der Waals surface area (Å²) < 4.78 is 1.25. The smallest absolute Gasteiger partial charge is 0.314 e. The molecule has 94 valence electrons. The van der Waals surface area contributed by atoms with E-state index in [1.54, 1.807) is 0 Å². The van der Waals surface area contributed by atoms with Gasteiger partial charge in [0.15, 0.2) is 0 Å². The average Bonchev–Trinajstić information content (AvgIpc) is 2.34. The first-order valence-corrected chi connectivity index (χ1v) is 5.96. The third kappa shape index (κ3) is 2.42. The molecule has 0 saturated carbocycles. The zero-order valence-electron chi connectivity index (χ0n) is 10.5. The highest BCUT2D eigenvalue weighted by Gasteiger charge is 2.10. The van der Waals surface area contributed by atoms with Crippen molar-refractivity contribution < 1.29 is 0 Å². The quantitative estimate of drug-likeness (QED) is 0.893. The Balaban J connectivity index is 2.45. The Labute approximate surface area is 105 Å². The van der Waals surface area contributed by atoms with Gasteiger partial charge in [0, 0.05) is 24.2 Å². The maximum atomic E-state index is 12.2. The fraction of sp³-hybridized carbons (Fsp3) is 0.286. The number of hydrogen-bond donors (Lipinski definition) is 1. The van der Waals surface area contributed by atoms with Gasteiger partial charge in [-0.1, -0.05) is 30.3 Å². The lowest BCUT2D eigenvalue weighted by Gasteiger charge is -2.10. The molecule has 1 aromatic carbocycles. The van der Waals surface area contributed by atoms with E-state index in [1.165, 1.54) is 10.8 Å². The van der Waals surface area contributed by atoms with Gasteiger partial charge in [-0.2, -0.15) is 0 Å². The van der Waals surface area contributed by atoms with Crippen LogP contribution in [0.1, 0.15) is 31.0 Å². The molecule has 0 aliphatic carbocycles. The summed E-state index contributed by atoms with van der Waals surface area (Å²) in [5, 5.41) is 0. The molecule has 4 heteroatoms. The van der Waals surface area contributed by atoms with Crippen LogP contribution in [0.15, 0.2) is 46.1 Å². The highest BCUT2D eigenvalue weighted by molar-refractivity contribution is 5.22. The van der Waals surface area contributed by atoms with E-state index in [4.69, 9.17) is 0 Å². The van der Waals surface area contributed by atoms with Gasteiger partial charge in [-0.15, -0.1) is 0 Å². The van der Waals surface area contributed by atoms with E-state index < -0.39 is 0 Å². The zero-order chi connectivity index (χ0) is 13.1. The van der Waals surface area contributed by atoms with Crippen LogP contribution in [0, 0.1) is 0 Å². The number of rotatable bonds is 3. The van der Waals surface area contributed by atoms with Crippen LogP contribution in [0.5, 0.6) is 0 Å². The molecule has 2 aromatic rings. The van der Waals surface area contributed by atoms with E-state index in [1.807, 2.05) is 44.2 Å². The fourth-order valence-corrected chi connectivity index (χ4v) is 1.94. The lowest BCUT2D eigenvalue weighted by Crippen LogP contribution is -2.37. The van der Waals surface area contributed by atoms with Gasteiger partial charge >= 0.3 is 5.69 Å². The molecule has 2 rings (SSSR count). The summed E-state index contributed by atoms with van der Waals surface area (Å²) in [6.07, 6.45) is 2.04. The van der Waals surface area contributed by atoms with Crippen molar-refractivity contribution in [1.29, 1.82) is 0 Å². The third-order valence-electron chi connectivity index (χ3n) is 2.84. The zero-order valence-corrected chi connectivity index (χ0v) is 10.5. The Morgan fingerprint density at radius 2 is 1.83 bits per heavy atom. The lowest BCUT2D eigenvalue weighted by molar-refractivity contribution is 0.541. The van der Waals surface area contributed by atoms with Crippen molar-refractivity contribution in [2.24, 2.45) is 0 Å². The summed E-state index contributed by atoms with van der Waals surface area (Å²) in [6.45, 7) is 3.64. The van der Waals surface area contributed by atoms with Crippen molar-refractivity contribution in [2.45, 2.75) is 26.3 Å². The van der Waals surface area contributed by atoms with Crippen molar-refractivity contribution in [1.82, 2.24) is 9.55 Å². The molecule has 0 aliphatic rings. The highest BCUT2D eigenvalue weighted by Crippen LogP contribution is 2.04. The Morgan fingerprint density at radius 3 is 2.44 bits per heavy atom. The number of nitrogens with zero attached hydrogens (tertiary/aromatic N) is 1. The number of nitrogens with one attached hydrogen (secondary N) is 1. The van der Waals surface area contributed by atoms with E-state index in [0.717, 1.165) is 5.56 Å². The maximum Gasteiger partial charge on any atom is 0.328 e. The second-order valence-electron chi connectivity index (χ2n) is 4.55. The van der Waals surface area contributed by atoms with Gasteiger partial charge in [-0.25, -0.2) is 4.79 Å². The molecular weight excluding hydrogens is 228 g/mol. The van der Waals surface area contributed by atoms with Crippen LogP contribution in [0.2, 0.25) is 0 Å². The number of H-pyrrole nitrogens is 1. The standard InChI is InChI=1S/C14H16N2O2/c1-10(2)16-13(17)12(9-15-14(16)18)8-11-6-4-3-5-7-11/h3-7,9-10H,8H2,1-2H3,(H,15,18). The minimum Gasteiger partial charge on any atom is -0.314 e. The monoisotopic (exact) mass is 244 g/mol. The molecule has 0 unspecified atom stereocenters. The number of aromatic amines is 1. The van der Waals surface area contributed by atoms with Crippen LogP contribution in [-0.4, -0.2) is 9.55 Å². The van der Waals surface area contributed by atoms with Crippen LogP contribution in [-0.2, 0) is 6.42 Å². The van der Waals surface area contributed by atoms with Crippen molar-refractivity contribution in [3.8, 4) is 0 Å². The highest BCUT2D eigenvalue weighted by atomic mass is 16.2. The summed E-state index contributed by atoms with van der Waals surface area (Å²) in [7, 11) is 0. The molecule has 1 aromatic heterocycles. The van der Waals surface area contributed by atoms with Crippen molar-refractivity contribution in [3.05, 3.63) is 68.5 Å². The molecule has 0 aliphatic heterocycles. The Morgan fingerprint density at radius 1 is 1.17 bits per heavy atom. The van der Waals surface area contributed by atoms with Crippen LogP contribution in [0.3, 0.4) is 0 Å². The lowest BCUT2D eigenvalue weighted by atomic mass is 10.1. The molecule has 0 spiro atoms. The number of aromatic nitrogens is 2. The minimum absolute atomic E-state index is 0.142. The third-order valence-corrected chi connectivity index (χ3v) is 2.84. The topological polar surface area (TPSA) is 54.9 Å². The maximum absolute atomic E-state index is 12.2. The predicted molar refractivity (Wildman–Crippen MR) is 71.0 cm³/mol. The van der Waals surface area contributed by atoms with E-state index in [2.05, 4.69) is 4.98 Å². The molecule has 0 bridgehead atoms. The first-order valence-electron chi connectivity index (χ1n) is 5.96. The van der Waals surface area contributed by atoms with E-state index in [9.17, 15) is 9.59 Å². The molecule has 18 heavy (non-hydrogen) atoms. The summed E-state index contributed by atoms with van der Waals surface area (Å²) in [6, 6.07) is 9.58. The van der Waals surface area contributed by atoms with Gasteiger partial charge in [0.1, 0.15) is 0 Å². The predicted octanol–water partition coefficient (Wildman–Crippen LogP) is 1.71. The first kappa shape index (κ1) is 12.4. The first-order chi connectivity index (χ1) is 8.59. The van der Waals surface area contributed by atoms with Gasteiger partial charge in [-0.3, -0.25) is 9.36 Å². The van der Waals surface area contributed by atoms with Gasteiger partial charge < -0.3 is 4.98 Å². The Bertz CT molecular complexity index is 639. The molecule has 0 amide bonds. The number of hydrogen-bond acceptors (Lipinski definition) is 2. The van der Waals surface area contributed by atoms with Crippen LogP contribution in [0.4, 0.5) is 0 Å². The van der Waals surface area contributed by atoms with E-state index in [-0.39, 0.29) is 17.3 Å². The molecule has 1 N–H and O–H groups in total. The van der Waals surface area contributed by atoms with Gasteiger partial charge in [-0.05, 0) is 19.4 Å². The molecule has 0 saturated heterocycles. The fourth-order valence-electron chi connectivity index (χ4n) is 1.94. The van der Waals surface area contributed by atoms with Crippen LogP contribution < -0.4 is 11.2 Å². The molecule has 0 radical (unpaired) electrons. The molecular formula is C14H16N2O2. The van der Waals surface area contributed by atoms with Crippen molar-refractivity contribution in [2.75, 3.05) is 0 Å². The summed E-state index contributed by atoms with van der Waals surface area (Å²) in [4.78, 5) is 26.4. The van der Waals surface area contributed by atoms with Gasteiger partial charge in [0.25, 0.3) is 5.56 Å². The molecule has 0 atom stereocenters. The average molecular weight is 244 g/mol. The van der Waals surface area contributed by atoms with Crippen LogP contribution in [0.25, 0.3) is 0 Å². The normalized spacial score (nSPS) is 10.8. The van der Waals surface area contributed by atoms with E-state index >= 15 is 0 Å². The van der Waals surface area contributed by atoms with E-state index in [0.29, 0.717) is 12.0 Å². The van der Waals surface area contributed by atoms with Gasteiger partial charge in [0.05, 0.1) is 0 Å². The Hall–Kier alpha value is -2.10. The van der Waals surface area contributed by atoms with Crippen LogP contribution >= 0.6 is 0 Å². The summed E-state index contributed by atoms with van der Waals surface area (Å²) in [5.41, 5.74) is 1.09. The van der Waals surface area contributed by atoms with Gasteiger partial charge in [0.2, 0.25) is 0 Å². The van der Waals surface area contributed by atoms with Crippen molar-refractivity contribution in [3.63, 3.8) is 0 Å². The molecule has 4 nitrogen and oxygen atoms in total. The summed E-state index contributed by atoms with van der Waals surface area (Å²) in [5.74, 6) is 0. The van der Waals surface area contributed by atoms with Crippen molar-refractivity contribution >= 4 is 0 Å². The number of benzene rings is 1. The molecule has 1 heterocycles. The Kier molecular flexibility index (Phi) is 3.46. The minimum atomic E-state index is -0.355. The largest absolute Gasteiger partial charge is 0.328 e. The SMILES string of the molecule is CC(C)n1c(=O)[nH]cc(Cc2ccccc2)c1=O.